The number of aromatic nitrogens is 2. The molecule has 3 rings (SSSR count). The lowest BCUT2D eigenvalue weighted by atomic mass is 9.95. The summed E-state index contributed by atoms with van der Waals surface area (Å²) < 4.78 is 50.0. The fourth-order valence-corrected chi connectivity index (χ4v) is 4.63. The van der Waals surface area contributed by atoms with Crippen LogP contribution in [-0.2, 0) is 31.9 Å². The number of sulfonamides is 1. The zero-order chi connectivity index (χ0) is 19.6. The van der Waals surface area contributed by atoms with Crippen LogP contribution < -0.4 is 5.73 Å². The van der Waals surface area contributed by atoms with E-state index < -0.39 is 33.6 Å². The van der Waals surface area contributed by atoms with Crippen molar-refractivity contribution < 1.29 is 26.9 Å². The third-order valence-electron chi connectivity index (χ3n) is 4.36. The van der Waals surface area contributed by atoms with E-state index in [9.17, 15) is 17.6 Å². The predicted octanol–water partition coefficient (Wildman–Crippen LogP) is 0.386. The molecule has 1 aromatic carbocycles. The highest BCUT2D eigenvalue weighted by atomic mass is 32.2. The Hall–Kier alpha value is -2.37. The van der Waals surface area contributed by atoms with E-state index in [4.69, 9.17) is 15.0 Å². The van der Waals surface area contributed by atoms with E-state index in [1.54, 1.807) is 0 Å². The number of halogens is 1. The smallest absolute Gasteiger partial charge is 0.232 e. The maximum Gasteiger partial charge on any atom is 0.232 e. The Labute approximate surface area is 155 Å². The molecule has 9 nitrogen and oxygen atoms in total. The fraction of sp³-hybridized carbons (Fsp3) is 0.438. The van der Waals surface area contributed by atoms with Crippen molar-refractivity contribution in [3.8, 4) is 0 Å². The van der Waals surface area contributed by atoms with E-state index in [1.165, 1.54) is 25.3 Å². The number of carbonyl (C=O) groups excluding carboxylic acids is 1. The van der Waals surface area contributed by atoms with Crippen molar-refractivity contribution in [3.05, 3.63) is 47.4 Å². The standard InChI is InChI=1S/C16H19FN4O5S/c1-25-8-14-19-16(26-20-14)13-7-21(6-12(13)15(18)22)27(23,24)9-10-3-2-4-11(17)5-10/h2-5,12-13H,6-9H2,1H3,(H2,18,22)/t12-,13-/m1/s1. The molecule has 1 fully saturated rings. The number of ether oxygens (including phenoxy) is 1. The van der Waals surface area contributed by atoms with Crippen LogP contribution in [0.25, 0.3) is 0 Å². The second kappa shape index (κ2) is 7.71. The van der Waals surface area contributed by atoms with Crippen LogP contribution in [0.4, 0.5) is 4.39 Å². The molecule has 2 heterocycles. The maximum atomic E-state index is 13.3. The summed E-state index contributed by atoms with van der Waals surface area (Å²) >= 11 is 0. The van der Waals surface area contributed by atoms with E-state index in [2.05, 4.69) is 10.1 Å². The normalized spacial score (nSPS) is 20.8. The number of primary amides is 1. The predicted molar refractivity (Wildman–Crippen MR) is 91.0 cm³/mol. The highest BCUT2D eigenvalue weighted by Gasteiger charge is 2.44. The topological polar surface area (TPSA) is 129 Å². The minimum Gasteiger partial charge on any atom is -0.377 e. The molecule has 0 radical (unpaired) electrons. The number of carbonyl (C=O) groups is 1. The Morgan fingerprint density at radius 1 is 1.44 bits per heavy atom. The fourth-order valence-electron chi connectivity index (χ4n) is 3.07. The molecule has 1 aromatic heterocycles. The van der Waals surface area contributed by atoms with Crippen LogP contribution in [0.2, 0.25) is 0 Å². The SMILES string of the molecule is COCc1noc([C@@H]2CN(S(=O)(=O)Cc3cccc(F)c3)C[C@H]2C(N)=O)n1. The summed E-state index contributed by atoms with van der Waals surface area (Å²) in [7, 11) is -2.33. The zero-order valence-corrected chi connectivity index (χ0v) is 15.4. The van der Waals surface area contributed by atoms with Gasteiger partial charge in [0, 0.05) is 20.2 Å². The molecule has 2 aromatic rings. The molecule has 0 bridgehead atoms. The number of nitrogens with two attached hydrogens (primary N) is 1. The number of nitrogens with zero attached hydrogens (tertiary/aromatic N) is 3. The Morgan fingerprint density at radius 2 is 2.22 bits per heavy atom. The zero-order valence-electron chi connectivity index (χ0n) is 14.5. The molecule has 11 heteroatoms. The van der Waals surface area contributed by atoms with Gasteiger partial charge in [0.15, 0.2) is 5.82 Å². The van der Waals surface area contributed by atoms with Crippen molar-refractivity contribution in [1.29, 1.82) is 0 Å². The van der Waals surface area contributed by atoms with Gasteiger partial charge in [-0.3, -0.25) is 4.79 Å². The summed E-state index contributed by atoms with van der Waals surface area (Å²) in [5.41, 5.74) is 5.76. The van der Waals surface area contributed by atoms with Gasteiger partial charge in [0.05, 0.1) is 17.6 Å². The minimum absolute atomic E-state index is 0.0279. The highest BCUT2D eigenvalue weighted by Crippen LogP contribution is 2.34. The summed E-state index contributed by atoms with van der Waals surface area (Å²) in [6.07, 6.45) is 0. The molecular weight excluding hydrogens is 379 g/mol. The van der Waals surface area contributed by atoms with E-state index >= 15 is 0 Å². The molecular formula is C16H19FN4O5S. The van der Waals surface area contributed by atoms with Gasteiger partial charge in [0.25, 0.3) is 0 Å². The summed E-state index contributed by atoms with van der Waals surface area (Å²) in [6.45, 7) is -0.00143. The van der Waals surface area contributed by atoms with E-state index in [0.29, 0.717) is 5.56 Å². The summed E-state index contributed by atoms with van der Waals surface area (Å²) in [5.74, 6) is -2.59. The summed E-state index contributed by atoms with van der Waals surface area (Å²) in [6, 6.07) is 5.35. The largest absolute Gasteiger partial charge is 0.377 e. The molecule has 27 heavy (non-hydrogen) atoms. The molecule has 0 spiro atoms. The average Bonchev–Trinajstić information content (AvgIpc) is 3.21. The molecule has 1 amide bonds. The molecule has 1 aliphatic rings. The number of hydrogen-bond acceptors (Lipinski definition) is 7. The molecule has 2 atom stereocenters. The first kappa shape index (κ1) is 19.4. The minimum atomic E-state index is -3.80. The van der Waals surface area contributed by atoms with Crippen LogP contribution in [0.5, 0.6) is 0 Å². The Morgan fingerprint density at radius 3 is 2.89 bits per heavy atom. The van der Waals surface area contributed by atoms with Crippen molar-refractivity contribution in [2.75, 3.05) is 20.2 Å². The first-order valence-electron chi connectivity index (χ1n) is 8.13. The van der Waals surface area contributed by atoms with Crippen LogP contribution in [0, 0.1) is 11.7 Å². The first-order chi connectivity index (χ1) is 12.8. The lowest BCUT2D eigenvalue weighted by molar-refractivity contribution is -0.121. The number of rotatable bonds is 7. The van der Waals surface area contributed by atoms with E-state index in [0.717, 1.165) is 10.4 Å². The lowest BCUT2D eigenvalue weighted by Gasteiger charge is -2.16. The highest BCUT2D eigenvalue weighted by molar-refractivity contribution is 7.88. The monoisotopic (exact) mass is 398 g/mol. The molecule has 0 aliphatic carbocycles. The molecule has 1 saturated heterocycles. The number of benzene rings is 1. The van der Waals surface area contributed by atoms with Crippen LogP contribution >= 0.6 is 0 Å². The van der Waals surface area contributed by atoms with Gasteiger partial charge < -0.3 is 15.0 Å². The maximum absolute atomic E-state index is 13.3. The van der Waals surface area contributed by atoms with Gasteiger partial charge in [-0.2, -0.15) is 9.29 Å². The molecule has 146 valence electrons. The number of amides is 1. The van der Waals surface area contributed by atoms with Gasteiger partial charge in [-0.15, -0.1) is 0 Å². The molecule has 0 unspecified atom stereocenters. The van der Waals surface area contributed by atoms with Crippen molar-refractivity contribution in [3.63, 3.8) is 0 Å². The van der Waals surface area contributed by atoms with E-state index in [-0.39, 0.29) is 37.2 Å². The van der Waals surface area contributed by atoms with E-state index in [1.807, 2.05) is 0 Å². The summed E-state index contributed by atoms with van der Waals surface area (Å²) in [5, 5.41) is 3.74. The van der Waals surface area contributed by atoms with Gasteiger partial charge in [-0.05, 0) is 17.7 Å². The first-order valence-corrected chi connectivity index (χ1v) is 9.74. The van der Waals surface area contributed by atoms with Crippen LogP contribution in [0.1, 0.15) is 23.2 Å². The second-order valence-corrected chi connectivity index (χ2v) is 8.27. The van der Waals surface area contributed by atoms with Crippen LogP contribution in [0.15, 0.2) is 28.8 Å². The Kier molecular flexibility index (Phi) is 5.53. The molecule has 1 aliphatic heterocycles. The van der Waals surface area contributed by atoms with Crippen molar-refractivity contribution in [1.82, 2.24) is 14.4 Å². The third kappa shape index (κ3) is 4.31. The second-order valence-electron chi connectivity index (χ2n) is 6.30. The van der Waals surface area contributed by atoms with Gasteiger partial charge in [-0.1, -0.05) is 17.3 Å². The van der Waals surface area contributed by atoms with Crippen molar-refractivity contribution >= 4 is 15.9 Å². The van der Waals surface area contributed by atoms with Crippen LogP contribution in [-0.4, -0.2) is 49.0 Å². The molecule has 2 N–H and O–H groups in total. The van der Waals surface area contributed by atoms with Gasteiger partial charge in [0.2, 0.25) is 21.8 Å². The number of methoxy groups -OCH3 is 1. The average molecular weight is 398 g/mol. The Bertz CT molecular complexity index is 932. The molecule has 0 saturated carbocycles. The number of hydrogen-bond donors (Lipinski definition) is 1. The van der Waals surface area contributed by atoms with Gasteiger partial charge in [-0.25, -0.2) is 12.8 Å². The third-order valence-corrected chi connectivity index (χ3v) is 6.14. The quantitative estimate of drug-likeness (QED) is 0.714. The summed E-state index contributed by atoms with van der Waals surface area (Å²) in [4.78, 5) is 16.0. The van der Waals surface area contributed by atoms with Crippen molar-refractivity contribution in [2.45, 2.75) is 18.3 Å². The van der Waals surface area contributed by atoms with Crippen LogP contribution in [0.3, 0.4) is 0 Å². The van der Waals surface area contributed by atoms with Gasteiger partial charge in [0.1, 0.15) is 12.4 Å². The lowest BCUT2D eigenvalue weighted by Crippen LogP contribution is -2.32. The van der Waals surface area contributed by atoms with Crippen molar-refractivity contribution in [2.24, 2.45) is 11.7 Å². The van der Waals surface area contributed by atoms with Gasteiger partial charge >= 0.3 is 0 Å². The Balaban J connectivity index is 1.81.